The van der Waals surface area contributed by atoms with Crippen LogP contribution in [-0.2, 0) is 14.3 Å². The zero-order chi connectivity index (χ0) is 28.8. The molecule has 0 aromatic carbocycles. The summed E-state index contributed by atoms with van der Waals surface area (Å²) in [5.41, 5.74) is 21.9. The second-order valence-corrected chi connectivity index (χ2v) is 10.4. The van der Waals surface area contributed by atoms with Crippen LogP contribution in [0.4, 0.5) is 4.79 Å². The minimum Gasteiger partial charge on any atom is -0.444 e. The Morgan fingerprint density at radius 3 is 1.53 bits per heavy atom. The van der Waals surface area contributed by atoms with E-state index in [0.717, 1.165) is 19.4 Å². The van der Waals surface area contributed by atoms with Crippen molar-refractivity contribution in [2.75, 3.05) is 78.5 Å². The topological polar surface area (TPSA) is 186 Å². The van der Waals surface area contributed by atoms with Crippen LogP contribution >= 0.6 is 0 Å². The fraction of sp³-hybridized carbons (Fsp3) is 0.885. The summed E-state index contributed by atoms with van der Waals surface area (Å²) in [5.74, 6) is -0.0237. The lowest BCUT2D eigenvalue weighted by molar-refractivity contribution is -0.133. The number of rotatable bonds is 22. The van der Waals surface area contributed by atoms with Gasteiger partial charge in [0.2, 0.25) is 11.8 Å². The summed E-state index contributed by atoms with van der Waals surface area (Å²) in [6.07, 6.45) is 3.51. The summed E-state index contributed by atoms with van der Waals surface area (Å²) in [4.78, 5) is 43.7. The molecule has 12 heteroatoms. The number of carbonyl (C=O) groups is 3. The molecule has 38 heavy (non-hydrogen) atoms. The minimum absolute atomic E-state index is 0.0262. The molecule has 0 aliphatic carbocycles. The van der Waals surface area contributed by atoms with Gasteiger partial charge in [-0.1, -0.05) is 0 Å². The third kappa shape index (κ3) is 18.3. The third-order valence-corrected chi connectivity index (χ3v) is 5.79. The Balaban J connectivity index is 4.92. The van der Waals surface area contributed by atoms with Gasteiger partial charge in [0.05, 0.1) is 0 Å². The molecule has 0 unspecified atom stereocenters. The Labute approximate surface area is 230 Å². The summed E-state index contributed by atoms with van der Waals surface area (Å²) >= 11 is 0. The van der Waals surface area contributed by atoms with Gasteiger partial charge in [0.15, 0.2) is 0 Å². The molecule has 0 rings (SSSR count). The maximum atomic E-state index is 13.0. The van der Waals surface area contributed by atoms with Gasteiger partial charge in [-0.25, -0.2) is 4.79 Å². The molecule has 0 aromatic heterocycles. The highest BCUT2D eigenvalue weighted by atomic mass is 16.6. The van der Waals surface area contributed by atoms with Crippen LogP contribution in [0.15, 0.2) is 0 Å². The van der Waals surface area contributed by atoms with Gasteiger partial charge in [0.1, 0.15) is 5.60 Å². The van der Waals surface area contributed by atoms with Crippen molar-refractivity contribution < 1.29 is 19.1 Å². The highest BCUT2D eigenvalue weighted by molar-refractivity contribution is 5.79. The average Bonchev–Trinajstić information content (AvgIpc) is 2.86. The van der Waals surface area contributed by atoms with E-state index in [1.165, 1.54) is 0 Å². The number of carbonyl (C=O) groups excluding carboxylic acids is 3. The van der Waals surface area contributed by atoms with Gasteiger partial charge in [-0.3, -0.25) is 9.59 Å². The Morgan fingerprint density at radius 2 is 1.05 bits per heavy atom. The zero-order valence-electron chi connectivity index (χ0n) is 24.2. The first-order valence-electron chi connectivity index (χ1n) is 14.1. The van der Waals surface area contributed by atoms with E-state index in [-0.39, 0.29) is 18.2 Å². The highest BCUT2D eigenvalue weighted by Crippen LogP contribution is 2.11. The van der Waals surface area contributed by atoms with Crippen LogP contribution in [0.3, 0.4) is 0 Å². The van der Waals surface area contributed by atoms with Crippen LogP contribution in [0.5, 0.6) is 0 Å². The largest absolute Gasteiger partial charge is 0.444 e. The molecule has 3 amide bonds. The van der Waals surface area contributed by atoms with Crippen LogP contribution in [0.2, 0.25) is 0 Å². The monoisotopic (exact) mass is 544 g/mol. The fourth-order valence-electron chi connectivity index (χ4n) is 3.70. The molecule has 0 fully saturated rings. The molecule has 0 aromatic rings. The van der Waals surface area contributed by atoms with Crippen molar-refractivity contribution in [2.24, 2.45) is 22.9 Å². The van der Waals surface area contributed by atoms with Crippen molar-refractivity contribution in [3.05, 3.63) is 0 Å². The molecule has 224 valence electrons. The summed E-state index contributed by atoms with van der Waals surface area (Å²) in [6.45, 7) is 11.9. The lowest BCUT2D eigenvalue weighted by atomic mass is 10.2. The number of hydrogen-bond acceptors (Lipinski definition) is 9. The van der Waals surface area contributed by atoms with Gasteiger partial charge in [-0.2, -0.15) is 0 Å². The number of nitrogens with one attached hydrogen (secondary N) is 1. The first kappa shape index (κ1) is 36.0. The Morgan fingerprint density at radius 1 is 0.605 bits per heavy atom. The molecular weight excluding hydrogens is 488 g/mol. The minimum atomic E-state index is -0.613. The first-order chi connectivity index (χ1) is 18.1. The SMILES string of the molecule is CC(C)(C)OC(=O)N(CCCN)CCN(CCCN)C(=O)CCCC(=O)N(CCCN)CCNCCCN. The van der Waals surface area contributed by atoms with Crippen molar-refractivity contribution in [3.8, 4) is 0 Å². The second-order valence-electron chi connectivity index (χ2n) is 10.4. The lowest BCUT2D eigenvalue weighted by Gasteiger charge is -2.30. The van der Waals surface area contributed by atoms with E-state index in [1.54, 1.807) is 9.80 Å². The van der Waals surface area contributed by atoms with Gasteiger partial charge in [-0.15, -0.1) is 0 Å². The van der Waals surface area contributed by atoms with E-state index in [2.05, 4.69) is 5.32 Å². The molecule has 0 aliphatic rings. The van der Waals surface area contributed by atoms with Crippen molar-refractivity contribution in [1.82, 2.24) is 20.0 Å². The van der Waals surface area contributed by atoms with Crippen molar-refractivity contribution in [3.63, 3.8) is 0 Å². The fourth-order valence-corrected chi connectivity index (χ4v) is 3.70. The molecule has 0 radical (unpaired) electrons. The van der Waals surface area contributed by atoms with E-state index in [1.807, 2.05) is 25.7 Å². The van der Waals surface area contributed by atoms with Gasteiger partial charge in [-0.05, 0) is 85.6 Å². The number of amides is 3. The van der Waals surface area contributed by atoms with Crippen molar-refractivity contribution in [1.29, 1.82) is 0 Å². The smallest absolute Gasteiger partial charge is 0.410 e. The Bertz CT molecular complexity index is 645. The van der Waals surface area contributed by atoms with Gasteiger partial charge < -0.3 is 47.7 Å². The number of nitrogens with two attached hydrogens (primary N) is 4. The van der Waals surface area contributed by atoms with Crippen molar-refractivity contribution >= 4 is 17.9 Å². The molecule has 12 nitrogen and oxygen atoms in total. The molecule has 0 saturated heterocycles. The van der Waals surface area contributed by atoms with Gasteiger partial charge in [0.25, 0.3) is 0 Å². The standard InChI is InChI=1S/C26H56N8O4/c1-26(2,3)38-25(37)34(19-8-14-30)22-21-33(18-7-13-29)24(36)10-4-9-23(35)32(17-6-12-28)20-16-31-15-5-11-27/h31H,4-22,27-30H2,1-3H3. The van der Waals surface area contributed by atoms with Crippen molar-refractivity contribution in [2.45, 2.75) is 71.3 Å². The highest BCUT2D eigenvalue weighted by Gasteiger charge is 2.23. The van der Waals surface area contributed by atoms with E-state index >= 15 is 0 Å². The first-order valence-corrected chi connectivity index (χ1v) is 14.1. The maximum absolute atomic E-state index is 13.0. The van der Waals surface area contributed by atoms with E-state index < -0.39 is 11.7 Å². The summed E-state index contributed by atoms with van der Waals surface area (Å²) in [6, 6.07) is 0. The lowest BCUT2D eigenvalue weighted by Crippen LogP contribution is -2.44. The predicted octanol–water partition coefficient (Wildman–Crippen LogP) is 0.0358. The van der Waals surface area contributed by atoms with Crippen LogP contribution in [-0.4, -0.2) is 117 Å². The van der Waals surface area contributed by atoms with Crippen LogP contribution < -0.4 is 28.3 Å². The molecule has 0 spiro atoms. The Kier molecular flexibility index (Phi) is 20.7. The molecule has 0 aliphatic heterocycles. The Hall–Kier alpha value is -1.99. The molecule has 0 heterocycles. The summed E-state index contributed by atoms with van der Waals surface area (Å²) in [7, 11) is 0. The van der Waals surface area contributed by atoms with Gasteiger partial charge >= 0.3 is 6.09 Å². The predicted molar refractivity (Wildman–Crippen MR) is 152 cm³/mol. The second kappa shape index (κ2) is 21.9. The summed E-state index contributed by atoms with van der Waals surface area (Å²) < 4.78 is 5.52. The molecule has 9 N–H and O–H groups in total. The summed E-state index contributed by atoms with van der Waals surface area (Å²) in [5, 5.41) is 3.29. The molecular formula is C26H56N8O4. The van der Waals surface area contributed by atoms with Crippen LogP contribution in [0, 0.1) is 0 Å². The zero-order valence-corrected chi connectivity index (χ0v) is 24.2. The quantitative estimate of drug-likeness (QED) is 0.117. The van der Waals surface area contributed by atoms with E-state index in [0.29, 0.717) is 97.7 Å². The maximum Gasteiger partial charge on any atom is 0.410 e. The number of nitrogens with zero attached hydrogens (tertiary/aromatic N) is 3. The van der Waals surface area contributed by atoms with E-state index in [9.17, 15) is 14.4 Å². The van der Waals surface area contributed by atoms with Gasteiger partial charge in [0, 0.05) is 58.7 Å². The van der Waals surface area contributed by atoms with E-state index in [4.69, 9.17) is 27.7 Å². The third-order valence-electron chi connectivity index (χ3n) is 5.79. The molecule has 0 saturated carbocycles. The van der Waals surface area contributed by atoms with Crippen LogP contribution in [0.25, 0.3) is 0 Å². The molecule has 0 atom stereocenters. The van der Waals surface area contributed by atoms with Crippen LogP contribution in [0.1, 0.15) is 65.7 Å². The number of ether oxygens (including phenoxy) is 1. The molecule has 0 bridgehead atoms. The normalized spacial score (nSPS) is 11.3. The number of hydrogen-bond donors (Lipinski definition) is 5. The average molecular weight is 545 g/mol.